The van der Waals surface area contributed by atoms with Crippen LogP contribution in [0.25, 0.3) is 0 Å². The summed E-state index contributed by atoms with van der Waals surface area (Å²) in [6, 6.07) is 11.1. The van der Waals surface area contributed by atoms with Crippen molar-refractivity contribution in [2.45, 2.75) is 6.10 Å². The van der Waals surface area contributed by atoms with Gasteiger partial charge in [-0.3, -0.25) is 4.79 Å². The molecule has 0 saturated heterocycles. The van der Waals surface area contributed by atoms with Gasteiger partial charge >= 0.3 is 0 Å². The van der Waals surface area contributed by atoms with Gasteiger partial charge in [-0.1, -0.05) is 12.1 Å². The number of carbonyl (C=O) groups excluding carboxylic acids is 1. The molecule has 3 N–H and O–H groups in total. The van der Waals surface area contributed by atoms with Gasteiger partial charge < -0.3 is 19.7 Å². The quantitative estimate of drug-likeness (QED) is 0.451. The number of amides is 1. The van der Waals surface area contributed by atoms with E-state index in [1.165, 1.54) is 24.4 Å². The molecule has 0 fully saturated rings. The highest BCUT2D eigenvalue weighted by molar-refractivity contribution is 5.87. The third kappa shape index (κ3) is 3.34. The van der Waals surface area contributed by atoms with Crippen molar-refractivity contribution in [3.8, 4) is 23.0 Å². The van der Waals surface area contributed by atoms with E-state index in [2.05, 4.69) is 10.5 Å². The molecule has 1 atom stereocenters. The summed E-state index contributed by atoms with van der Waals surface area (Å²) in [4.78, 5) is 12.0. The van der Waals surface area contributed by atoms with Gasteiger partial charge in [-0.2, -0.15) is 5.10 Å². The molecule has 2 aromatic carbocycles. The molecular formula is C16H14N2O5. The van der Waals surface area contributed by atoms with Crippen LogP contribution in [0.4, 0.5) is 0 Å². The summed E-state index contributed by atoms with van der Waals surface area (Å²) in [5.74, 6) is 0.525. The van der Waals surface area contributed by atoms with Crippen LogP contribution >= 0.6 is 0 Å². The molecule has 0 aromatic heterocycles. The lowest BCUT2D eigenvalue weighted by molar-refractivity contribution is -0.130. The number of hydrogen-bond acceptors (Lipinski definition) is 6. The van der Waals surface area contributed by atoms with Crippen LogP contribution in [0.3, 0.4) is 0 Å². The van der Waals surface area contributed by atoms with Crippen molar-refractivity contribution < 1.29 is 24.5 Å². The van der Waals surface area contributed by atoms with E-state index in [1.54, 1.807) is 18.2 Å². The van der Waals surface area contributed by atoms with Crippen LogP contribution in [-0.4, -0.2) is 35.0 Å². The maximum absolute atomic E-state index is 12.0. The smallest absolute Gasteiger partial charge is 0.284 e. The summed E-state index contributed by atoms with van der Waals surface area (Å²) in [7, 11) is 0. The molecule has 1 amide bonds. The van der Waals surface area contributed by atoms with E-state index in [4.69, 9.17) is 9.47 Å². The fraction of sp³-hybridized carbons (Fsp3) is 0.125. The molecule has 0 radical (unpaired) electrons. The lowest BCUT2D eigenvalue weighted by Gasteiger charge is -2.24. The average Bonchev–Trinajstić information content (AvgIpc) is 2.57. The number of ether oxygens (including phenoxy) is 2. The van der Waals surface area contributed by atoms with Crippen LogP contribution in [0.2, 0.25) is 0 Å². The molecular weight excluding hydrogens is 300 g/mol. The summed E-state index contributed by atoms with van der Waals surface area (Å²) in [6.45, 7) is 0.0791. The summed E-state index contributed by atoms with van der Waals surface area (Å²) in [5.41, 5.74) is 2.59. The van der Waals surface area contributed by atoms with Crippen LogP contribution in [0.15, 0.2) is 47.6 Å². The standard InChI is InChI=1S/C16H14N2O5/c19-11-5-6-12(20)10(7-11)8-17-18-16(21)15-9-22-13-3-1-2-4-14(13)23-15/h1-8,15,19-20H,9H2,(H,18,21). The van der Waals surface area contributed by atoms with Gasteiger partial charge in [0.25, 0.3) is 5.91 Å². The van der Waals surface area contributed by atoms with Gasteiger partial charge in [-0.05, 0) is 30.3 Å². The lowest BCUT2D eigenvalue weighted by atomic mass is 10.2. The minimum atomic E-state index is -0.820. The lowest BCUT2D eigenvalue weighted by Crippen LogP contribution is -2.42. The Balaban J connectivity index is 1.62. The molecule has 1 aliphatic heterocycles. The van der Waals surface area contributed by atoms with Crippen LogP contribution < -0.4 is 14.9 Å². The summed E-state index contributed by atoms with van der Waals surface area (Å²) < 4.78 is 11.0. The van der Waals surface area contributed by atoms with Crippen molar-refractivity contribution in [2.24, 2.45) is 5.10 Å². The minimum Gasteiger partial charge on any atom is -0.508 e. The number of phenols is 2. The van der Waals surface area contributed by atoms with E-state index in [1.807, 2.05) is 6.07 Å². The number of phenolic OH excluding ortho intramolecular Hbond substituents is 2. The third-order valence-corrected chi connectivity index (χ3v) is 3.19. The number of benzene rings is 2. The molecule has 118 valence electrons. The number of aromatic hydroxyl groups is 2. The van der Waals surface area contributed by atoms with Gasteiger partial charge in [-0.15, -0.1) is 0 Å². The Kier molecular flexibility index (Phi) is 4.01. The van der Waals surface area contributed by atoms with E-state index < -0.39 is 12.0 Å². The first-order chi connectivity index (χ1) is 11.1. The van der Waals surface area contributed by atoms with Crippen molar-refractivity contribution in [3.05, 3.63) is 48.0 Å². The molecule has 3 rings (SSSR count). The Morgan fingerprint density at radius 2 is 2.00 bits per heavy atom. The molecule has 0 saturated carbocycles. The predicted molar refractivity (Wildman–Crippen MR) is 81.9 cm³/mol. The SMILES string of the molecule is O=C(NN=Cc1cc(O)ccc1O)C1COc2ccccc2O1. The fourth-order valence-electron chi connectivity index (χ4n) is 2.03. The van der Waals surface area contributed by atoms with Crippen molar-refractivity contribution in [1.82, 2.24) is 5.43 Å². The molecule has 23 heavy (non-hydrogen) atoms. The Hall–Kier alpha value is -3.22. The van der Waals surface area contributed by atoms with Gasteiger partial charge in [0.1, 0.15) is 18.1 Å². The van der Waals surface area contributed by atoms with Gasteiger partial charge in [-0.25, -0.2) is 5.43 Å². The fourth-order valence-corrected chi connectivity index (χ4v) is 2.03. The number of fused-ring (bicyclic) bond motifs is 1. The maximum Gasteiger partial charge on any atom is 0.284 e. The second kappa shape index (κ2) is 6.27. The van der Waals surface area contributed by atoms with Crippen molar-refractivity contribution in [3.63, 3.8) is 0 Å². The van der Waals surface area contributed by atoms with E-state index in [0.29, 0.717) is 11.5 Å². The van der Waals surface area contributed by atoms with Crippen LogP contribution in [-0.2, 0) is 4.79 Å². The van der Waals surface area contributed by atoms with Gasteiger partial charge in [0.05, 0.1) is 6.21 Å². The van der Waals surface area contributed by atoms with Gasteiger partial charge in [0.2, 0.25) is 6.10 Å². The molecule has 1 heterocycles. The molecule has 0 spiro atoms. The van der Waals surface area contributed by atoms with E-state index in [0.717, 1.165) is 0 Å². The largest absolute Gasteiger partial charge is 0.508 e. The molecule has 0 aliphatic carbocycles. The Labute approximate surface area is 131 Å². The predicted octanol–water partition coefficient (Wildman–Crippen LogP) is 1.39. The van der Waals surface area contributed by atoms with Crippen LogP contribution in [0.5, 0.6) is 23.0 Å². The summed E-state index contributed by atoms with van der Waals surface area (Å²) >= 11 is 0. The number of nitrogens with zero attached hydrogens (tertiary/aromatic N) is 1. The Morgan fingerprint density at radius 1 is 1.22 bits per heavy atom. The number of nitrogens with one attached hydrogen (secondary N) is 1. The monoisotopic (exact) mass is 314 g/mol. The Morgan fingerprint density at radius 3 is 2.83 bits per heavy atom. The Bertz CT molecular complexity index is 760. The first kappa shape index (κ1) is 14.7. The highest BCUT2D eigenvalue weighted by Crippen LogP contribution is 2.30. The topological polar surface area (TPSA) is 100 Å². The van der Waals surface area contributed by atoms with Crippen LogP contribution in [0.1, 0.15) is 5.56 Å². The number of para-hydroxylation sites is 2. The summed E-state index contributed by atoms with van der Waals surface area (Å²) in [6.07, 6.45) is 0.407. The molecule has 7 nitrogen and oxygen atoms in total. The molecule has 1 aliphatic rings. The number of hydrogen-bond donors (Lipinski definition) is 3. The number of hydrazone groups is 1. The van der Waals surface area contributed by atoms with Crippen LogP contribution in [0, 0.1) is 0 Å². The normalized spacial score (nSPS) is 16.3. The zero-order valence-corrected chi connectivity index (χ0v) is 12.0. The highest BCUT2D eigenvalue weighted by Gasteiger charge is 2.26. The van der Waals surface area contributed by atoms with E-state index in [-0.39, 0.29) is 23.7 Å². The first-order valence-corrected chi connectivity index (χ1v) is 6.87. The summed E-state index contributed by atoms with van der Waals surface area (Å²) in [5, 5.41) is 22.7. The molecule has 0 bridgehead atoms. The number of rotatable bonds is 3. The van der Waals surface area contributed by atoms with Gasteiger partial charge in [0.15, 0.2) is 11.5 Å². The second-order valence-corrected chi connectivity index (χ2v) is 4.84. The second-order valence-electron chi connectivity index (χ2n) is 4.84. The zero-order valence-electron chi connectivity index (χ0n) is 12.0. The zero-order chi connectivity index (χ0) is 16.2. The van der Waals surface area contributed by atoms with Crippen molar-refractivity contribution >= 4 is 12.1 Å². The van der Waals surface area contributed by atoms with Gasteiger partial charge in [0, 0.05) is 5.56 Å². The van der Waals surface area contributed by atoms with Crippen molar-refractivity contribution in [2.75, 3.05) is 6.61 Å². The maximum atomic E-state index is 12.0. The van der Waals surface area contributed by atoms with E-state index >= 15 is 0 Å². The first-order valence-electron chi connectivity index (χ1n) is 6.87. The highest BCUT2D eigenvalue weighted by atomic mass is 16.6. The molecule has 7 heteroatoms. The van der Waals surface area contributed by atoms with E-state index in [9.17, 15) is 15.0 Å². The minimum absolute atomic E-state index is 0.0174. The average molecular weight is 314 g/mol. The third-order valence-electron chi connectivity index (χ3n) is 3.19. The van der Waals surface area contributed by atoms with Crippen molar-refractivity contribution in [1.29, 1.82) is 0 Å². The molecule has 2 aromatic rings. The molecule has 1 unspecified atom stereocenters. The number of carbonyl (C=O) groups is 1.